The molecule has 106 valence electrons. The summed E-state index contributed by atoms with van der Waals surface area (Å²) in [6.45, 7) is 1.87. The number of anilines is 1. The molecule has 0 aliphatic rings. The number of nitrogens with zero attached hydrogens (tertiary/aromatic N) is 2. The third-order valence-corrected chi connectivity index (χ3v) is 2.98. The maximum atomic E-state index is 10.9. The second-order valence-corrected chi connectivity index (χ2v) is 4.62. The maximum absolute atomic E-state index is 10.9. The van der Waals surface area contributed by atoms with E-state index in [0.717, 1.165) is 0 Å². The van der Waals surface area contributed by atoms with Crippen LogP contribution in [-0.2, 0) is 4.79 Å². The number of carboxylic acid groups (broad SMARTS) is 1. The van der Waals surface area contributed by atoms with Crippen LogP contribution in [0.5, 0.6) is 0 Å². The van der Waals surface area contributed by atoms with E-state index in [1.165, 1.54) is 18.2 Å². The van der Waals surface area contributed by atoms with Gasteiger partial charge in [-0.15, -0.1) is 6.42 Å². The number of rotatable bonds is 6. The Morgan fingerprint density at radius 1 is 1.65 bits per heavy atom. The highest BCUT2D eigenvalue weighted by molar-refractivity contribution is 6.33. The van der Waals surface area contributed by atoms with Crippen LogP contribution < -0.4 is 4.90 Å². The molecule has 0 heterocycles. The molecule has 20 heavy (non-hydrogen) atoms. The van der Waals surface area contributed by atoms with Crippen LogP contribution in [0.25, 0.3) is 0 Å². The topological polar surface area (TPSA) is 83.7 Å². The molecule has 0 aliphatic heterocycles. The Balaban J connectivity index is 3.06. The quantitative estimate of drug-likeness (QED) is 0.495. The van der Waals surface area contributed by atoms with Gasteiger partial charge in [0.1, 0.15) is 0 Å². The molecule has 1 aromatic rings. The lowest BCUT2D eigenvalue weighted by molar-refractivity contribution is -0.384. The van der Waals surface area contributed by atoms with Crippen molar-refractivity contribution in [3.63, 3.8) is 0 Å². The van der Waals surface area contributed by atoms with Crippen LogP contribution in [0.15, 0.2) is 18.2 Å². The van der Waals surface area contributed by atoms with Crippen molar-refractivity contribution in [2.45, 2.75) is 6.92 Å². The van der Waals surface area contributed by atoms with Gasteiger partial charge in [-0.1, -0.05) is 24.4 Å². The fourth-order valence-corrected chi connectivity index (χ4v) is 1.93. The Kier molecular flexibility index (Phi) is 5.35. The molecule has 0 radical (unpaired) electrons. The molecule has 1 rings (SSSR count). The van der Waals surface area contributed by atoms with Crippen molar-refractivity contribution >= 4 is 28.9 Å². The molecule has 0 aromatic heterocycles. The van der Waals surface area contributed by atoms with E-state index in [-0.39, 0.29) is 23.8 Å². The molecule has 7 heteroatoms. The number of nitro groups is 1. The minimum absolute atomic E-state index is 0.134. The van der Waals surface area contributed by atoms with Crippen LogP contribution in [0.1, 0.15) is 6.92 Å². The van der Waals surface area contributed by atoms with E-state index in [1.54, 1.807) is 11.8 Å². The number of hydrogen-bond acceptors (Lipinski definition) is 4. The first-order valence-electron chi connectivity index (χ1n) is 5.72. The third-order valence-electron chi connectivity index (χ3n) is 2.68. The average molecular weight is 297 g/mol. The molecule has 1 aromatic carbocycles. The van der Waals surface area contributed by atoms with Crippen LogP contribution in [0.3, 0.4) is 0 Å². The number of benzene rings is 1. The lowest BCUT2D eigenvalue weighted by atomic mass is 10.1. The third kappa shape index (κ3) is 3.87. The summed E-state index contributed by atoms with van der Waals surface area (Å²) in [4.78, 5) is 22.6. The summed E-state index contributed by atoms with van der Waals surface area (Å²) in [7, 11) is 0. The van der Waals surface area contributed by atoms with E-state index in [2.05, 4.69) is 5.92 Å². The van der Waals surface area contributed by atoms with Gasteiger partial charge in [0, 0.05) is 18.7 Å². The van der Waals surface area contributed by atoms with Gasteiger partial charge in [0.25, 0.3) is 5.69 Å². The van der Waals surface area contributed by atoms with Crippen LogP contribution in [0.4, 0.5) is 11.4 Å². The minimum atomic E-state index is -0.954. The molecule has 0 amide bonds. The van der Waals surface area contributed by atoms with E-state index < -0.39 is 16.8 Å². The predicted octanol–water partition coefficient (Wildman–Crippen LogP) is 2.41. The second kappa shape index (κ2) is 6.78. The van der Waals surface area contributed by atoms with Gasteiger partial charge < -0.3 is 10.0 Å². The lowest BCUT2D eigenvalue weighted by Gasteiger charge is -2.25. The van der Waals surface area contributed by atoms with Crippen molar-refractivity contribution in [2.24, 2.45) is 5.92 Å². The van der Waals surface area contributed by atoms with E-state index in [4.69, 9.17) is 23.1 Å². The lowest BCUT2D eigenvalue weighted by Crippen LogP contribution is -2.32. The van der Waals surface area contributed by atoms with E-state index in [1.807, 2.05) is 0 Å². The number of terminal acetylenes is 1. The molecule has 0 aliphatic carbocycles. The molecule has 0 spiro atoms. The molecule has 1 unspecified atom stereocenters. The average Bonchev–Trinajstić information content (AvgIpc) is 2.37. The van der Waals surface area contributed by atoms with Gasteiger partial charge in [-0.3, -0.25) is 14.9 Å². The molecular weight excluding hydrogens is 284 g/mol. The first-order chi connectivity index (χ1) is 9.36. The summed E-state index contributed by atoms with van der Waals surface area (Å²) in [6, 6.07) is 3.98. The minimum Gasteiger partial charge on any atom is -0.481 e. The number of carbonyl (C=O) groups is 1. The first-order valence-corrected chi connectivity index (χ1v) is 6.09. The van der Waals surface area contributed by atoms with E-state index in [9.17, 15) is 14.9 Å². The highest BCUT2D eigenvalue weighted by atomic mass is 35.5. The molecule has 1 N–H and O–H groups in total. The zero-order valence-electron chi connectivity index (χ0n) is 10.7. The second-order valence-electron chi connectivity index (χ2n) is 4.22. The van der Waals surface area contributed by atoms with Gasteiger partial charge in [-0.2, -0.15) is 0 Å². The van der Waals surface area contributed by atoms with Crippen molar-refractivity contribution in [3.05, 3.63) is 33.3 Å². The number of non-ortho nitro benzene ring substituents is 1. The van der Waals surface area contributed by atoms with Crippen LogP contribution in [-0.4, -0.2) is 29.1 Å². The van der Waals surface area contributed by atoms with Crippen LogP contribution >= 0.6 is 11.6 Å². The fraction of sp³-hybridized carbons (Fsp3) is 0.308. The molecular formula is C13H13ClN2O4. The van der Waals surface area contributed by atoms with E-state index >= 15 is 0 Å². The Hall–Kier alpha value is -2.26. The summed E-state index contributed by atoms with van der Waals surface area (Å²) >= 11 is 6.00. The van der Waals surface area contributed by atoms with Crippen LogP contribution in [0.2, 0.25) is 5.02 Å². The Morgan fingerprint density at radius 2 is 2.30 bits per heavy atom. The standard InChI is InChI=1S/C13H13ClN2O4/c1-3-6-15(8-9(2)13(17)18)12-5-4-10(16(19)20)7-11(12)14/h1,4-5,7,9H,6,8H2,2H3,(H,17,18). The number of halogens is 1. The van der Waals surface area contributed by atoms with Crippen molar-refractivity contribution < 1.29 is 14.8 Å². The summed E-state index contributed by atoms with van der Waals surface area (Å²) < 4.78 is 0. The highest BCUT2D eigenvalue weighted by Gasteiger charge is 2.19. The van der Waals surface area contributed by atoms with E-state index in [0.29, 0.717) is 5.69 Å². The van der Waals surface area contributed by atoms with Crippen molar-refractivity contribution in [3.8, 4) is 12.3 Å². The molecule has 0 fully saturated rings. The zero-order valence-corrected chi connectivity index (χ0v) is 11.5. The predicted molar refractivity (Wildman–Crippen MR) is 76.0 cm³/mol. The number of hydrogen-bond donors (Lipinski definition) is 1. The Bertz CT molecular complexity index is 568. The van der Waals surface area contributed by atoms with Crippen molar-refractivity contribution in [1.82, 2.24) is 0 Å². The van der Waals surface area contributed by atoms with Gasteiger partial charge in [0.15, 0.2) is 0 Å². The summed E-state index contributed by atoms with van der Waals surface area (Å²) in [5.41, 5.74) is 0.342. The van der Waals surface area contributed by atoms with Gasteiger partial charge in [0.2, 0.25) is 0 Å². The Labute approximate surface area is 121 Å². The number of aliphatic carboxylic acids is 1. The SMILES string of the molecule is C#CCN(CC(C)C(=O)O)c1ccc([N+](=O)[O-])cc1Cl. The van der Waals surface area contributed by atoms with Gasteiger partial charge in [-0.25, -0.2) is 0 Å². The van der Waals surface area contributed by atoms with Crippen LogP contribution in [0, 0.1) is 28.4 Å². The van der Waals surface area contributed by atoms with Gasteiger partial charge in [0.05, 0.1) is 28.1 Å². The monoisotopic (exact) mass is 296 g/mol. The highest BCUT2D eigenvalue weighted by Crippen LogP contribution is 2.30. The summed E-state index contributed by atoms with van der Waals surface area (Å²) in [5.74, 6) is 0.818. The largest absolute Gasteiger partial charge is 0.481 e. The van der Waals surface area contributed by atoms with Crippen molar-refractivity contribution in [2.75, 3.05) is 18.0 Å². The molecule has 6 nitrogen and oxygen atoms in total. The van der Waals surface area contributed by atoms with Gasteiger partial charge >= 0.3 is 5.97 Å². The van der Waals surface area contributed by atoms with Gasteiger partial charge in [-0.05, 0) is 6.07 Å². The summed E-state index contributed by atoms with van der Waals surface area (Å²) in [5, 5.41) is 19.7. The number of nitro benzene ring substituents is 1. The maximum Gasteiger partial charge on any atom is 0.308 e. The zero-order chi connectivity index (χ0) is 15.3. The smallest absolute Gasteiger partial charge is 0.308 e. The molecule has 0 saturated carbocycles. The fourth-order valence-electron chi connectivity index (χ4n) is 1.63. The number of carboxylic acids is 1. The first kappa shape index (κ1) is 15.8. The van der Waals surface area contributed by atoms with Crippen molar-refractivity contribution in [1.29, 1.82) is 0 Å². The molecule has 0 saturated heterocycles. The Morgan fingerprint density at radius 3 is 2.75 bits per heavy atom. The molecule has 0 bridgehead atoms. The normalized spacial score (nSPS) is 11.4. The summed E-state index contributed by atoms with van der Waals surface area (Å²) in [6.07, 6.45) is 5.26. The molecule has 1 atom stereocenters.